The first-order chi connectivity index (χ1) is 10.1. The van der Waals surface area contributed by atoms with Gasteiger partial charge in [-0.05, 0) is 31.1 Å². The van der Waals surface area contributed by atoms with E-state index >= 15 is 0 Å². The summed E-state index contributed by atoms with van der Waals surface area (Å²) in [5.74, 6) is 0.243. The van der Waals surface area contributed by atoms with Crippen LogP contribution in [0.4, 0.5) is 0 Å². The Bertz CT molecular complexity index is 632. The summed E-state index contributed by atoms with van der Waals surface area (Å²) in [5, 5.41) is 3.64. The molecule has 0 aliphatic heterocycles. The largest absolute Gasteiger partial charge is 0.381 e. The summed E-state index contributed by atoms with van der Waals surface area (Å²) in [7, 11) is 0. The molecule has 0 heterocycles. The third-order valence-corrected chi connectivity index (χ3v) is 4.23. The molecule has 3 atom stereocenters. The van der Waals surface area contributed by atoms with Crippen LogP contribution in [-0.2, 0) is 0 Å². The molecular formula is C19H22N2. The molecule has 3 rings (SSSR count). The fourth-order valence-corrected chi connectivity index (χ4v) is 2.97. The fourth-order valence-electron chi connectivity index (χ4n) is 2.97. The van der Waals surface area contributed by atoms with E-state index in [9.17, 15) is 0 Å². The minimum Gasteiger partial charge on any atom is -0.381 e. The smallest absolute Gasteiger partial charge is 0.0482 e. The molecule has 21 heavy (non-hydrogen) atoms. The van der Waals surface area contributed by atoms with Gasteiger partial charge in [0.25, 0.3) is 0 Å². The molecule has 2 nitrogen and oxygen atoms in total. The van der Waals surface area contributed by atoms with E-state index in [-0.39, 0.29) is 18.0 Å². The zero-order chi connectivity index (χ0) is 14.8. The van der Waals surface area contributed by atoms with Gasteiger partial charge < -0.3 is 11.1 Å². The van der Waals surface area contributed by atoms with Crippen LogP contribution in [0.1, 0.15) is 24.1 Å². The summed E-state index contributed by atoms with van der Waals surface area (Å²) >= 11 is 0. The number of nitrogens with one attached hydrogen (secondary N) is 1. The third-order valence-electron chi connectivity index (χ3n) is 4.23. The van der Waals surface area contributed by atoms with Crippen molar-refractivity contribution in [3.63, 3.8) is 0 Å². The number of benzene rings is 1. The monoisotopic (exact) mass is 278 g/mol. The van der Waals surface area contributed by atoms with Crippen LogP contribution in [0.2, 0.25) is 0 Å². The molecule has 0 amide bonds. The Morgan fingerprint density at radius 1 is 1.10 bits per heavy atom. The van der Waals surface area contributed by atoms with Crippen LogP contribution in [0.25, 0.3) is 0 Å². The lowest BCUT2D eigenvalue weighted by molar-refractivity contribution is 0.531. The van der Waals surface area contributed by atoms with Gasteiger partial charge in [-0.1, -0.05) is 60.2 Å². The molecule has 1 aromatic rings. The van der Waals surface area contributed by atoms with Crippen molar-refractivity contribution in [2.45, 2.75) is 25.9 Å². The molecule has 0 fully saturated rings. The number of allylic oxidation sites excluding steroid dienone is 5. The Kier molecular flexibility index (Phi) is 3.80. The topological polar surface area (TPSA) is 38.0 Å². The minimum atomic E-state index is 0.0407. The maximum atomic E-state index is 6.27. The molecule has 0 bridgehead atoms. The number of rotatable bonds is 3. The van der Waals surface area contributed by atoms with Crippen molar-refractivity contribution in [1.29, 1.82) is 0 Å². The number of nitrogens with two attached hydrogens (primary N) is 1. The molecule has 3 N–H and O–H groups in total. The Balaban J connectivity index is 1.79. The summed E-state index contributed by atoms with van der Waals surface area (Å²) in [4.78, 5) is 0. The summed E-state index contributed by atoms with van der Waals surface area (Å²) in [6.45, 7) is 4.30. The van der Waals surface area contributed by atoms with Crippen molar-refractivity contribution in [2.24, 2.45) is 11.7 Å². The summed E-state index contributed by atoms with van der Waals surface area (Å²) in [6.07, 6.45) is 12.7. The van der Waals surface area contributed by atoms with E-state index in [1.807, 2.05) is 6.08 Å². The molecule has 1 aromatic carbocycles. The van der Waals surface area contributed by atoms with Gasteiger partial charge in [-0.25, -0.2) is 0 Å². The quantitative estimate of drug-likeness (QED) is 0.887. The molecule has 2 aliphatic carbocycles. The van der Waals surface area contributed by atoms with Crippen molar-refractivity contribution in [1.82, 2.24) is 5.32 Å². The Morgan fingerprint density at radius 2 is 1.86 bits per heavy atom. The molecule has 2 aliphatic rings. The number of hydrogen-bond acceptors (Lipinski definition) is 2. The molecule has 3 unspecified atom stereocenters. The van der Waals surface area contributed by atoms with Crippen LogP contribution in [0.3, 0.4) is 0 Å². The van der Waals surface area contributed by atoms with Crippen molar-refractivity contribution < 1.29 is 0 Å². The number of aryl methyl sites for hydroxylation is 1. The maximum Gasteiger partial charge on any atom is 0.0482 e. The molecule has 0 aromatic heterocycles. The molecular weight excluding hydrogens is 256 g/mol. The van der Waals surface area contributed by atoms with Gasteiger partial charge in [0, 0.05) is 23.7 Å². The maximum absolute atomic E-state index is 6.27. The van der Waals surface area contributed by atoms with Crippen molar-refractivity contribution in [2.75, 3.05) is 0 Å². The Hall–Kier alpha value is -2.06. The SMILES string of the molecule is Cc1ccc(C(C)NC2=CC=CC3=CC=CC(N)C32)cc1. The van der Waals surface area contributed by atoms with Crippen LogP contribution in [0.5, 0.6) is 0 Å². The average Bonchev–Trinajstić information content (AvgIpc) is 2.48. The number of hydrogen-bond donors (Lipinski definition) is 2. The highest BCUT2D eigenvalue weighted by molar-refractivity contribution is 5.44. The lowest BCUT2D eigenvalue weighted by Crippen LogP contribution is -2.37. The van der Waals surface area contributed by atoms with E-state index in [0.717, 1.165) is 0 Å². The van der Waals surface area contributed by atoms with Gasteiger partial charge in [-0.15, -0.1) is 0 Å². The molecule has 0 saturated heterocycles. The zero-order valence-corrected chi connectivity index (χ0v) is 12.6. The minimum absolute atomic E-state index is 0.0407. The van der Waals surface area contributed by atoms with Crippen molar-refractivity contribution in [3.8, 4) is 0 Å². The van der Waals surface area contributed by atoms with E-state index in [0.29, 0.717) is 0 Å². The predicted octanol–water partition coefficient (Wildman–Crippen LogP) is 3.54. The van der Waals surface area contributed by atoms with Gasteiger partial charge in [0.05, 0.1) is 0 Å². The standard InChI is InChI=1S/C19H22N2/c1-13-9-11-15(12-10-13)14(2)21-18-8-4-6-16-5-3-7-17(20)19(16)18/h3-12,14,17,19,21H,20H2,1-2H3. The highest BCUT2D eigenvalue weighted by atomic mass is 14.9. The Morgan fingerprint density at radius 3 is 2.62 bits per heavy atom. The van der Waals surface area contributed by atoms with Gasteiger partial charge in [-0.2, -0.15) is 0 Å². The second kappa shape index (κ2) is 5.74. The fraction of sp³-hybridized carbons (Fsp3) is 0.263. The van der Waals surface area contributed by atoms with E-state index in [1.165, 1.54) is 22.4 Å². The van der Waals surface area contributed by atoms with Gasteiger partial charge in [0.15, 0.2) is 0 Å². The lowest BCUT2D eigenvalue weighted by Gasteiger charge is -2.32. The van der Waals surface area contributed by atoms with Crippen molar-refractivity contribution in [3.05, 3.63) is 83.1 Å². The van der Waals surface area contributed by atoms with E-state index < -0.39 is 0 Å². The van der Waals surface area contributed by atoms with E-state index in [2.05, 4.69) is 73.8 Å². The summed E-state index contributed by atoms with van der Waals surface area (Å²) in [6, 6.07) is 8.99. The predicted molar refractivity (Wildman–Crippen MR) is 88.6 cm³/mol. The molecule has 2 heteroatoms. The van der Waals surface area contributed by atoms with Gasteiger partial charge in [0.1, 0.15) is 0 Å². The first kappa shape index (κ1) is 13.9. The zero-order valence-electron chi connectivity index (χ0n) is 12.6. The highest BCUT2D eigenvalue weighted by Gasteiger charge is 2.27. The van der Waals surface area contributed by atoms with Crippen LogP contribution in [-0.4, -0.2) is 6.04 Å². The number of fused-ring (bicyclic) bond motifs is 1. The van der Waals surface area contributed by atoms with E-state index in [4.69, 9.17) is 5.73 Å². The second-order valence-electron chi connectivity index (χ2n) is 5.86. The van der Waals surface area contributed by atoms with Gasteiger partial charge in [-0.3, -0.25) is 0 Å². The van der Waals surface area contributed by atoms with Crippen LogP contribution >= 0.6 is 0 Å². The van der Waals surface area contributed by atoms with Gasteiger partial charge >= 0.3 is 0 Å². The second-order valence-corrected chi connectivity index (χ2v) is 5.86. The first-order valence-electron chi connectivity index (χ1n) is 7.50. The first-order valence-corrected chi connectivity index (χ1v) is 7.50. The van der Waals surface area contributed by atoms with Crippen LogP contribution < -0.4 is 11.1 Å². The van der Waals surface area contributed by atoms with E-state index in [1.54, 1.807) is 0 Å². The van der Waals surface area contributed by atoms with Crippen molar-refractivity contribution >= 4 is 0 Å². The molecule has 0 saturated carbocycles. The molecule has 108 valence electrons. The average molecular weight is 278 g/mol. The summed E-state index contributed by atoms with van der Waals surface area (Å²) < 4.78 is 0. The van der Waals surface area contributed by atoms with Gasteiger partial charge in [0.2, 0.25) is 0 Å². The normalized spacial score (nSPS) is 24.9. The van der Waals surface area contributed by atoms with Crippen LogP contribution in [0.15, 0.2) is 72.0 Å². The third kappa shape index (κ3) is 2.86. The lowest BCUT2D eigenvalue weighted by atomic mass is 9.82. The highest BCUT2D eigenvalue weighted by Crippen LogP contribution is 2.31. The summed E-state index contributed by atoms with van der Waals surface area (Å²) in [5.41, 5.74) is 11.3. The van der Waals surface area contributed by atoms with Crippen LogP contribution in [0, 0.1) is 12.8 Å². The molecule has 0 spiro atoms. The molecule has 0 radical (unpaired) electrons. The Labute approximate surface area is 126 Å².